The summed E-state index contributed by atoms with van der Waals surface area (Å²) in [6.07, 6.45) is -4.26. The summed E-state index contributed by atoms with van der Waals surface area (Å²) in [6.45, 7) is 2.02. The third kappa shape index (κ3) is 6.42. The number of hydrogen-bond acceptors (Lipinski definition) is 2. The Hall–Kier alpha value is -0.290. The van der Waals surface area contributed by atoms with Gasteiger partial charge in [-0.05, 0) is 13.8 Å². The molecule has 0 saturated carbocycles. The highest BCUT2D eigenvalue weighted by molar-refractivity contribution is 4.66. The number of halogens is 3. The smallest absolute Gasteiger partial charge is 0.376 e. The summed E-state index contributed by atoms with van der Waals surface area (Å²) in [4.78, 5) is 0. The summed E-state index contributed by atoms with van der Waals surface area (Å²) in [5.74, 6) is 0. The van der Waals surface area contributed by atoms with Gasteiger partial charge in [-0.1, -0.05) is 0 Å². The standard InChI is InChI=1S/C7H13F3O2/c1-6(2,11-3)4-12-5-7(8,9)10/h4-5H2,1-3H3. The van der Waals surface area contributed by atoms with Gasteiger partial charge in [-0.3, -0.25) is 0 Å². The molecule has 0 aliphatic heterocycles. The quantitative estimate of drug-likeness (QED) is 0.668. The molecule has 5 heteroatoms. The summed E-state index contributed by atoms with van der Waals surface area (Å²) >= 11 is 0. The van der Waals surface area contributed by atoms with Crippen LogP contribution in [0.5, 0.6) is 0 Å². The molecule has 0 heterocycles. The van der Waals surface area contributed by atoms with Crippen molar-refractivity contribution in [3.8, 4) is 0 Å². The van der Waals surface area contributed by atoms with E-state index in [1.54, 1.807) is 13.8 Å². The fourth-order valence-electron chi connectivity index (χ4n) is 0.471. The summed E-state index contributed by atoms with van der Waals surface area (Å²) in [5, 5.41) is 0. The molecule has 74 valence electrons. The molecule has 12 heavy (non-hydrogen) atoms. The molecule has 2 nitrogen and oxygen atoms in total. The third-order valence-electron chi connectivity index (χ3n) is 1.27. The largest absolute Gasteiger partial charge is 0.411 e. The van der Waals surface area contributed by atoms with Crippen molar-refractivity contribution in [1.82, 2.24) is 0 Å². The maximum Gasteiger partial charge on any atom is 0.411 e. The first-order chi connectivity index (χ1) is 5.27. The van der Waals surface area contributed by atoms with Gasteiger partial charge in [0.25, 0.3) is 0 Å². The van der Waals surface area contributed by atoms with Gasteiger partial charge in [0.1, 0.15) is 6.61 Å². The van der Waals surface area contributed by atoms with E-state index in [-0.39, 0.29) is 6.61 Å². The van der Waals surface area contributed by atoms with E-state index in [9.17, 15) is 13.2 Å². The van der Waals surface area contributed by atoms with Crippen molar-refractivity contribution in [3.63, 3.8) is 0 Å². The molecule has 0 rings (SSSR count). The van der Waals surface area contributed by atoms with Gasteiger partial charge >= 0.3 is 6.18 Å². The molecule has 0 aromatic rings. The second kappa shape index (κ2) is 4.09. The Morgan fingerprint density at radius 2 is 1.58 bits per heavy atom. The molecule has 0 N–H and O–H groups in total. The maximum atomic E-state index is 11.6. The lowest BCUT2D eigenvalue weighted by Crippen LogP contribution is -2.31. The Balaban J connectivity index is 3.57. The van der Waals surface area contributed by atoms with Crippen LogP contribution in [0.15, 0.2) is 0 Å². The van der Waals surface area contributed by atoms with Gasteiger partial charge in [-0.25, -0.2) is 0 Å². The zero-order valence-electron chi connectivity index (χ0n) is 7.36. The number of alkyl halides is 3. The molecule has 0 unspecified atom stereocenters. The molecule has 0 saturated heterocycles. The molecule has 0 spiro atoms. The zero-order chi connectivity index (χ0) is 9.83. The normalized spacial score (nSPS) is 13.5. The molecule has 0 atom stereocenters. The van der Waals surface area contributed by atoms with Crippen molar-refractivity contribution in [2.45, 2.75) is 25.6 Å². The Morgan fingerprint density at radius 3 is 1.92 bits per heavy atom. The van der Waals surface area contributed by atoms with Crippen LogP contribution < -0.4 is 0 Å². The van der Waals surface area contributed by atoms with Crippen LogP contribution in [-0.4, -0.2) is 32.1 Å². The predicted molar refractivity (Wildman–Crippen MR) is 38.0 cm³/mol. The molecule has 0 aromatic carbocycles. The average molecular weight is 186 g/mol. The highest BCUT2D eigenvalue weighted by Gasteiger charge is 2.29. The summed E-state index contributed by atoms with van der Waals surface area (Å²) in [5.41, 5.74) is -0.661. The van der Waals surface area contributed by atoms with Crippen molar-refractivity contribution in [3.05, 3.63) is 0 Å². The molecule has 0 amide bonds. The Kier molecular flexibility index (Phi) is 3.99. The van der Waals surface area contributed by atoms with E-state index < -0.39 is 18.4 Å². The van der Waals surface area contributed by atoms with Gasteiger partial charge in [0, 0.05) is 7.11 Å². The predicted octanol–water partition coefficient (Wildman–Crippen LogP) is 1.99. The fourth-order valence-corrected chi connectivity index (χ4v) is 0.471. The minimum Gasteiger partial charge on any atom is -0.376 e. The number of ether oxygens (including phenoxy) is 2. The van der Waals surface area contributed by atoms with E-state index in [0.717, 1.165) is 0 Å². The summed E-state index contributed by atoms with van der Waals surface area (Å²) in [7, 11) is 1.43. The zero-order valence-corrected chi connectivity index (χ0v) is 7.36. The van der Waals surface area contributed by atoms with Crippen LogP contribution in [0.3, 0.4) is 0 Å². The van der Waals surface area contributed by atoms with Crippen LogP contribution in [0.4, 0.5) is 13.2 Å². The summed E-state index contributed by atoms with van der Waals surface area (Å²) in [6, 6.07) is 0. The van der Waals surface area contributed by atoms with Crippen LogP contribution in [0, 0.1) is 0 Å². The monoisotopic (exact) mass is 186 g/mol. The van der Waals surface area contributed by atoms with Crippen LogP contribution in [0.2, 0.25) is 0 Å². The van der Waals surface area contributed by atoms with Crippen molar-refractivity contribution in [2.75, 3.05) is 20.3 Å². The molecule has 0 radical (unpaired) electrons. The van der Waals surface area contributed by atoms with Crippen molar-refractivity contribution < 1.29 is 22.6 Å². The molecule has 0 aliphatic carbocycles. The first-order valence-electron chi connectivity index (χ1n) is 3.46. The lowest BCUT2D eigenvalue weighted by atomic mass is 10.1. The lowest BCUT2D eigenvalue weighted by Gasteiger charge is -2.22. The fraction of sp³-hybridized carbons (Fsp3) is 1.00. The molecular weight excluding hydrogens is 173 g/mol. The SMILES string of the molecule is COC(C)(C)COCC(F)(F)F. The average Bonchev–Trinajstić information content (AvgIpc) is 1.84. The van der Waals surface area contributed by atoms with Gasteiger partial charge < -0.3 is 9.47 Å². The van der Waals surface area contributed by atoms with E-state index in [1.165, 1.54) is 7.11 Å². The molecule has 0 bridgehead atoms. The van der Waals surface area contributed by atoms with E-state index in [4.69, 9.17) is 4.74 Å². The summed E-state index contributed by atoms with van der Waals surface area (Å²) < 4.78 is 44.0. The Labute approximate surface area is 69.7 Å². The van der Waals surface area contributed by atoms with Gasteiger partial charge in [0.15, 0.2) is 0 Å². The lowest BCUT2D eigenvalue weighted by molar-refractivity contribution is -0.186. The second-order valence-corrected chi connectivity index (χ2v) is 3.07. The van der Waals surface area contributed by atoms with Crippen molar-refractivity contribution in [2.24, 2.45) is 0 Å². The molecule has 0 aromatic heterocycles. The van der Waals surface area contributed by atoms with Crippen molar-refractivity contribution >= 4 is 0 Å². The third-order valence-corrected chi connectivity index (χ3v) is 1.27. The van der Waals surface area contributed by atoms with Crippen LogP contribution in [0.25, 0.3) is 0 Å². The minimum absolute atomic E-state index is 0.0665. The van der Waals surface area contributed by atoms with Gasteiger partial charge in [-0.15, -0.1) is 0 Å². The number of rotatable bonds is 4. The Bertz CT molecular complexity index is 131. The first-order valence-corrected chi connectivity index (χ1v) is 3.46. The first kappa shape index (κ1) is 11.7. The van der Waals surface area contributed by atoms with Crippen LogP contribution in [-0.2, 0) is 9.47 Å². The van der Waals surface area contributed by atoms with Gasteiger partial charge in [0.05, 0.1) is 12.2 Å². The van der Waals surface area contributed by atoms with E-state index >= 15 is 0 Å². The topological polar surface area (TPSA) is 18.5 Å². The number of hydrogen-bond donors (Lipinski definition) is 0. The Morgan fingerprint density at radius 1 is 1.08 bits per heavy atom. The highest BCUT2D eigenvalue weighted by Crippen LogP contribution is 2.16. The van der Waals surface area contributed by atoms with Crippen molar-refractivity contribution in [1.29, 1.82) is 0 Å². The maximum absolute atomic E-state index is 11.6. The molecule has 0 fully saturated rings. The van der Waals surface area contributed by atoms with E-state index in [1.807, 2.05) is 0 Å². The number of methoxy groups -OCH3 is 1. The van der Waals surface area contributed by atoms with E-state index in [0.29, 0.717) is 0 Å². The van der Waals surface area contributed by atoms with Crippen LogP contribution >= 0.6 is 0 Å². The molecular formula is C7H13F3O2. The van der Waals surface area contributed by atoms with Gasteiger partial charge in [-0.2, -0.15) is 13.2 Å². The molecule has 0 aliphatic rings. The van der Waals surface area contributed by atoms with Crippen LogP contribution in [0.1, 0.15) is 13.8 Å². The minimum atomic E-state index is -4.26. The highest BCUT2D eigenvalue weighted by atomic mass is 19.4. The second-order valence-electron chi connectivity index (χ2n) is 3.07. The van der Waals surface area contributed by atoms with E-state index in [2.05, 4.69) is 4.74 Å². The van der Waals surface area contributed by atoms with Gasteiger partial charge in [0.2, 0.25) is 0 Å².